The Kier molecular flexibility index (Phi) is 5.65. The van der Waals surface area contributed by atoms with Crippen molar-refractivity contribution >= 4 is 26.4 Å². The average Bonchev–Trinajstić information content (AvgIpc) is 3.25. The van der Waals surface area contributed by atoms with Gasteiger partial charge in [-0.25, -0.2) is 23.1 Å². The van der Waals surface area contributed by atoms with Gasteiger partial charge < -0.3 is 4.90 Å². The van der Waals surface area contributed by atoms with Crippen LogP contribution in [0.2, 0.25) is 0 Å². The van der Waals surface area contributed by atoms with Crippen molar-refractivity contribution in [1.29, 1.82) is 0 Å². The van der Waals surface area contributed by atoms with E-state index in [2.05, 4.69) is 48.4 Å². The molecule has 0 aliphatic carbocycles. The summed E-state index contributed by atoms with van der Waals surface area (Å²) in [4.78, 5) is 6.98. The van der Waals surface area contributed by atoms with Crippen LogP contribution in [-0.2, 0) is 16.4 Å². The number of hydrogen-bond acceptors (Lipinski definition) is 5. The first-order valence-electron chi connectivity index (χ1n) is 10.9. The number of rotatable bonds is 6. The largest absolute Gasteiger partial charge is 0.309 e. The summed E-state index contributed by atoms with van der Waals surface area (Å²) in [6, 6.07) is 19.1. The first-order chi connectivity index (χ1) is 16.3. The molecule has 5 rings (SSSR count). The summed E-state index contributed by atoms with van der Waals surface area (Å²) < 4.78 is 25.9. The molecular weight excluding hydrogens is 446 g/mol. The van der Waals surface area contributed by atoms with Crippen LogP contribution < -0.4 is 5.14 Å². The van der Waals surface area contributed by atoms with Crippen molar-refractivity contribution in [3.63, 3.8) is 0 Å². The first kappa shape index (κ1) is 22.2. The summed E-state index contributed by atoms with van der Waals surface area (Å²) in [6.07, 6.45) is 6.57. The number of primary sulfonamides is 1. The fourth-order valence-corrected chi connectivity index (χ4v) is 4.93. The number of likely N-dealkylation sites (N-methyl/N-ethyl adjacent to an activating group) is 1. The van der Waals surface area contributed by atoms with Gasteiger partial charge in [0.15, 0.2) is 5.65 Å². The van der Waals surface area contributed by atoms with Gasteiger partial charge in [-0.15, -0.1) is 0 Å². The van der Waals surface area contributed by atoms with Crippen molar-refractivity contribution in [1.82, 2.24) is 19.5 Å². The van der Waals surface area contributed by atoms with E-state index in [1.54, 1.807) is 35.0 Å². The summed E-state index contributed by atoms with van der Waals surface area (Å²) in [5, 5.41) is 11.3. The van der Waals surface area contributed by atoms with Crippen LogP contribution in [0.15, 0.2) is 84.1 Å². The zero-order chi connectivity index (χ0) is 23.9. The quantitative estimate of drug-likeness (QED) is 0.404. The van der Waals surface area contributed by atoms with Gasteiger partial charge in [-0.3, -0.25) is 0 Å². The minimum absolute atomic E-state index is 0.104. The highest BCUT2D eigenvalue weighted by Crippen LogP contribution is 2.34. The number of nitrogens with zero attached hydrogens (tertiary/aromatic N) is 4. The molecule has 8 heteroatoms. The third-order valence-electron chi connectivity index (χ3n) is 5.97. The van der Waals surface area contributed by atoms with Crippen LogP contribution in [0.3, 0.4) is 0 Å². The predicted octanol–water partition coefficient (Wildman–Crippen LogP) is 3.97. The molecule has 2 heterocycles. The van der Waals surface area contributed by atoms with Gasteiger partial charge in [-0.05, 0) is 48.7 Å². The van der Waals surface area contributed by atoms with E-state index in [0.717, 1.165) is 40.6 Å². The third-order valence-corrected chi connectivity index (χ3v) is 6.94. The Morgan fingerprint density at radius 2 is 1.62 bits per heavy atom. The van der Waals surface area contributed by atoms with Gasteiger partial charge in [0.1, 0.15) is 0 Å². The van der Waals surface area contributed by atoms with E-state index < -0.39 is 10.0 Å². The number of hydrogen-bond donors (Lipinski definition) is 1. The Balaban J connectivity index is 1.54. The van der Waals surface area contributed by atoms with E-state index in [0.29, 0.717) is 11.0 Å². The SMILES string of the molecule is CN(C)CCc1ccc(-c2cnc3c(-c4ccc(S(N)(=O)=O)c5ccccc45)cnn3c2)cc1. The van der Waals surface area contributed by atoms with Gasteiger partial charge in [-0.1, -0.05) is 54.6 Å². The molecule has 2 N–H and O–H groups in total. The van der Waals surface area contributed by atoms with Gasteiger partial charge in [0.25, 0.3) is 0 Å². The molecule has 7 nitrogen and oxygen atoms in total. The first-order valence-corrected chi connectivity index (χ1v) is 12.5. The van der Waals surface area contributed by atoms with E-state index in [1.165, 1.54) is 5.56 Å². The molecule has 0 saturated heterocycles. The second-order valence-electron chi connectivity index (χ2n) is 8.62. The molecule has 0 radical (unpaired) electrons. The summed E-state index contributed by atoms with van der Waals surface area (Å²) in [5.41, 5.74) is 5.70. The van der Waals surface area contributed by atoms with Gasteiger partial charge in [0.2, 0.25) is 10.0 Å². The molecule has 2 aromatic heterocycles. The van der Waals surface area contributed by atoms with E-state index in [1.807, 2.05) is 24.5 Å². The number of aromatic nitrogens is 3. The normalized spacial score (nSPS) is 12.1. The lowest BCUT2D eigenvalue weighted by molar-refractivity contribution is 0.413. The molecule has 0 bridgehead atoms. The summed E-state index contributed by atoms with van der Waals surface area (Å²) in [6.45, 7) is 1.01. The predicted molar refractivity (Wildman–Crippen MR) is 135 cm³/mol. The van der Waals surface area contributed by atoms with Gasteiger partial charge in [-0.2, -0.15) is 5.10 Å². The van der Waals surface area contributed by atoms with Crippen LogP contribution in [-0.4, -0.2) is 48.6 Å². The van der Waals surface area contributed by atoms with Crippen molar-refractivity contribution in [3.8, 4) is 22.3 Å². The maximum atomic E-state index is 12.1. The molecule has 0 aliphatic rings. The topological polar surface area (TPSA) is 93.6 Å². The van der Waals surface area contributed by atoms with Crippen LogP contribution in [0, 0.1) is 0 Å². The lowest BCUT2D eigenvalue weighted by Gasteiger charge is -2.10. The van der Waals surface area contributed by atoms with E-state index in [4.69, 9.17) is 10.1 Å². The maximum Gasteiger partial charge on any atom is 0.238 e. The van der Waals surface area contributed by atoms with E-state index in [9.17, 15) is 8.42 Å². The smallest absolute Gasteiger partial charge is 0.238 e. The number of benzene rings is 3. The Morgan fingerprint density at radius 1 is 0.882 bits per heavy atom. The summed E-state index contributed by atoms with van der Waals surface area (Å²) in [7, 11) is 0.305. The van der Waals surface area contributed by atoms with Gasteiger partial charge in [0.05, 0.1) is 11.1 Å². The van der Waals surface area contributed by atoms with Crippen molar-refractivity contribution in [2.45, 2.75) is 11.3 Å². The molecule has 172 valence electrons. The fraction of sp³-hybridized carbons (Fsp3) is 0.154. The van der Waals surface area contributed by atoms with Gasteiger partial charge >= 0.3 is 0 Å². The molecule has 34 heavy (non-hydrogen) atoms. The molecule has 0 aliphatic heterocycles. The number of nitrogens with two attached hydrogens (primary N) is 1. The minimum Gasteiger partial charge on any atom is -0.309 e. The van der Waals surface area contributed by atoms with Crippen LogP contribution in [0.5, 0.6) is 0 Å². The lowest BCUT2D eigenvalue weighted by atomic mass is 10.00. The standard InChI is InChI=1S/C26H25N5O2S/c1-30(2)14-13-18-7-9-19(10-8-18)20-15-28-26-24(16-29-31(26)17-20)22-11-12-25(34(27,32)33)23-6-4-3-5-21(22)23/h3-12,15-17H,13-14H2,1-2H3,(H2,27,32,33). The molecule has 0 unspecified atom stereocenters. The average molecular weight is 472 g/mol. The highest BCUT2D eigenvalue weighted by molar-refractivity contribution is 7.89. The van der Waals surface area contributed by atoms with E-state index in [-0.39, 0.29) is 4.90 Å². The molecule has 0 amide bonds. The Hall–Kier alpha value is -3.59. The van der Waals surface area contributed by atoms with Crippen molar-refractivity contribution < 1.29 is 8.42 Å². The molecule has 0 saturated carbocycles. The van der Waals surface area contributed by atoms with Crippen molar-refractivity contribution in [2.24, 2.45) is 5.14 Å². The molecule has 0 atom stereocenters. The third kappa shape index (κ3) is 4.19. The molecule has 3 aromatic carbocycles. The number of fused-ring (bicyclic) bond motifs is 2. The van der Waals surface area contributed by atoms with Crippen molar-refractivity contribution in [2.75, 3.05) is 20.6 Å². The van der Waals surface area contributed by atoms with Gasteiger partial charge in [0, 0.05) is 35.5 Å². The van der Waals surface area contributed by atoms with Crippen LogP contribution in [0.1, 0.15) is 5.56 Å². The highest BCUT2D eigenvalue weighted by Gasteiger charge is 2.17. The summed E-state index contributed by atoms with van der Waals surface area (Å²) in [5.74, 6) is 0. The second-order valence-corrected chi connectivity index (χ2v) is 10.2. The molecular formula is C26H25N5O2S. The zero-order valence-electron chi connectivity index (χ0n) is 19.0. The minimum atomic E-state index is -3.84. The fourth-order valence-electron chi connectivity index (χ4n) is 4.18. The maximum absolute atomic E-state index is 12.1. The Bertz CT molecular complexity index is 1610. The van der Waals surface area contributed by atoms with Crippen molar-refractivity contribution in [3.05, 3.63) is 84.8 Å². The number of sulfonamides is 1. The lowest BCUT2D eigenvalue weighted by Crippen LogP contribution is -2.14. The van der Waals surface area contributed by atoms with E-state index >= 15 is 0 Å². The molecule has 5 aromatic rings. The molecule has 0 spiro atoms. The monoisotopic (exact) mass is 471 g/mol. The zero-order valence-corrected chi connectivity index (χ0v) is 19.8. The highest BCUT2D eigenvalue weighted by atomic mass is 32.2. The second kappa shape index (κ2) is 8.64. The molecule has 0 fully saturated rings. The Labute approximate surface area is 198 Å². The summed E-state index contributed by atoms with van der Waals surface area (Å²) >= 11 is 0. The van der Waals surface area contributed by atoms with Crippen LogP contribution in [0.25, 0.3) is 38.7 Å². The van der Waals surface area contributed by atoms with Crippen LogP contribution >= 0.6 is 0 Å². The Morgan fingerprint density at radius 3 is 2.32 bits per heavy atom. The van der Waals surface area contributed by atoms with Crippen LogP contribution in [0.4, 0.5) is 0 Å².